The van der Waals surface area contributed by atoms with Crippen LogP contribution in [-0.2, 0) is 41.6 Å². The van der Waals surface area contributed by atoms with Crippen LogP contribution in [-0.4, -0.2) is 37.0 Å². The van der Waals surface area contributed by atoms with Crippen molar-refractivity contribution in [1.29, 1.82) is 0 Å². The molecule has 3 atom stereocenters. The van der Waals surface area contributed by atoms with Gasteiger partial charge in [-0.15, -0.1) is 0 Å². The molecule has 6 nitrogen and oxygen atoms in total. The van der Waals surface area contributed by atoms with Crippen molar-refractivity contribution in [3.8, 4) is 0 Å². The van der Waals surface area contributed by atoms with Crippen LogP contribution in [0.25, 0.3) is 0 Å². The molecule has 0 aromatic heterocycles. The molecule has 1 aliphatic rings. The summed E-state index contributed by atoms with van der Waals surface area (Å²) in [7, 11) is 0. The number of esters is 2. The molecule has 0 N–H and O–H groups in total. The van der Waals surface area contributed by atoms with Gasteiger partial charge in [0.2, 0.25) is 0 Å². The Kier molecular flexibility index (Phi) is 8.41. The summed E-state index contributed by atoms with van der Waals surface area (Å²) in [5.74, 6) is -1.20. The highest BCUT2D eigenvalue weighted by Gasteiger charge is 2.30. The number of benzene rings is 2. The molecule has 1 fully saturated rings. The average molecular weight is 412 g/mol. The van der Waals surface area contributed by atoms with Crippen LogP contribution in [0.3, 0.4) is 0 Å². The Hall–Kier alpha value is -2.70. The molecular weight excluding hydrogens is 384 g/mol. The monoisotopic (exact) mass is 412 g/mol. The van der Waals surface area contributed by atoms with E-state index in [4.69, 9.17) is 18.9 Å². The van der Waals surface area contributed by atoms with E-state index in [0.717, 1.165) is 30.4 Å². The molecule has 1 unspecified atom stereocenters. The fraction of sp³-hybridized carbons (Fsp3) is 0.417. The SMILES string of the molecule is C[C@H](OC(=O)[C@H](Cc1ccccc1)OC1CCCCO1)C(=O)OCc1ccccc1. The van der Waals surface area contributed by atoms with Crippen LogP contribution in [0.5, 0.6) is 0 Å². The fourth-order valence-corrected chi connectivity index (χ4v) is 3.16. The maximum absolute atomic E-state index is 12.8. The van der Waals surface area contributed by atoms with E-state index in [1.165, 1.54) is 6.92 Å². The molecular formula is C24H28O6. The van der Waals surface area contributed by atoms with Gasteiger partial charge in [-0.3, -0.25) is 0 Å². The van der Waals surface area contributed by atoms with Gasteiger partial charge in [-0.25, -0.2) is 9.59 Å². The van der Waals surface area contributed by atoms with Gasteiger partial charge in [-0.1, -0.05) is 60.7 Å². The zero-order valence-corrected chi connectivity index (χ0v) is 17.2. The first-order valence-corrected chi connectivity index (χ1v) is 10.3. The number of carbonyl (C=O) groups excluding carboxylic acids is 2. The molecule has 1 aliphatic heterocycles. The Balaban J connectivity index is 1.57. The van der Waals surface area contributed by atoms with E-state index in [1.54, 1.807) is 0 Å². The molecule has 1 heterocycles. The molecule has 0 saturated carbocycles. The Morgan fingerprint density at radius 3 is 2.27 bits per heavy atom. The topological polar surface area (TPSA) is 71.1 Å². The van der Waals surface area contributed by atoms with Crippen molar-refractivity contribution < 1.29 is 28.5 Å². The third-order valence-corrected chi connectivity index (χ3v) is 4.83. The Labute approximate surface area is 177 Å². The van der Waals surface area contributed by atoms with Crippen molar-refractivity contribution >= 4 is 11.9 Å². The summed E-state index contributed by atoms with van der Waals surface area (Å²) >= 11 is 0. The molecule has 1 saturated heterocycles. The molecule has 0 radical (unpaired) electrons. The van der Waals surface area contributed by atoms with Crippen molar-refractivity contribution in [1.82, 2.24) is 0 Å². The standard InChI is InChI=1S/C24H28O6/c1-18(23(25)28-17-20-12-6-3-7-13-20)29-24(26)21(16-19-10-4-2-5-11-19)30-22-14-8-9-15-27-22/h2-7,10-13,18,21-22H,8-9,14-17H2,1H3/t18-,21-,22?/m0/s1. The van der Waals surface area contributed by atoms with Crippen molar-refractivity contribution in [3.05, 3.63) is 71.8 Å². The van der Waals surface area contributed by atoms with Gasteiger partial charge < -0.3 is 18.9 Å². The summed E-state index contributed by atoms with van der Waals surface area (Å²) in [6.07, 6.45) is 0.701. The molecule has 3 rings (SSSR count). The van der Waals surface area contributed by atoms with Gasteiger partial charge in [-0.05, 0) is 37.3 Å². The first-order chi connectivity index (χ1) is 14.6. The first kappa shape index (κ1) is 22.0. The van der Waals surface area contributed by atoms with E-state index in [0.29, 0.717) is 13.0 Å². The predicted molar refractivity (Wildman–Crippen MR) is 110 cm³/mol. The predicted octanol–water partition coefficient (Wildman–Crippen LogP) is 3.82. The minimum Gasteiger partial charge on any atom is -0.458 e. The Morgan fingerprint density at radius 2 is 1.63 bits per heavy atom. The normalized spacial score (nSPS) is 18.2. The molecule has 6 heteroatoms. The molecule has 0 aliphatic carbocycles. The lowest BCUT2D eigenvalue weighted by atomic mass is 10.1. The van der Waals surface area contributed by atoms with E-state index >= 15 is 0 Å². The van der Waals surface area contributed by atoms with Crippen molar-refractivity contribution in [2.75, 3.05) is 6.61 Å². The summed E-state index contributed by atoms with van der Waals surface area (Å²) < 4.78 is 22.2. The summed E-state index contributed by atoms with van der Waals surface area (Å²) in [4.78, 5) is 25.1. The van der Waals surface area contributed by atoms with Crippen LogP contribution in [0.15, 0.2) is 60.7 Å². The average Bonchev–Trinajstić information content (AvgIpc) is 2.79. The Morgan fingerprint density at radius 1 is 0.967 bits per heavy atom. The van der Waals surface area contributed by atoms with E-state index in [-0.39, 0.29) is 6.61 Å². The van der Waals surface area contributed by atoms with Gasteiger partial charge in [0.15, 0.2) is 18.5 Å². The van der Waals surface area contributed by atoms with Crippen LogP contribution >= 0.6 is 0 Å². The van der Waals surface area contributed by atoms with Gasteiger partial charge in [0.25, 0.3) is 0 Å². The number of hydrogen-bond acceptors (Lipinski definition) is 6. The second kappa shape index (κ2) is 11.5. The van der Waals surface area contributed by atoms with Crippen LogP contribution in [0.1, 0.15) is 37.3 Å². The van der Waals surface area contributed by atoms with Gasteiger partial charge in [0.1, 0.15) is 6.61 Å². The number of ether oxygens (including phenoxy) is 4. The van der Waals surface area contributed by atoms with Gasteiger partial charge in [0.05, 0.1) is 0 Å². The summed E-state index contributed by atoms with van der Waals surface area (Å²) in [6, 6.07) is 18.9. The molecule has 2 aromatic carbocycles. The molecule has 0 amide bonds. The van der Waals surface area contributed by atoms with Crippen LogP contribution in [0.2, 0.25) is 0 Å². The molecule has 2 aromatic rings. The number of hydrogen-bond donors (Lipinski definition) is 0. The zero-order chi connectivity index (χ0) is 21.2. The second-order valence-electron chi connectivity index (χ2n) is 7.28. The lowest BCUT2D eigenvalue weighted by Gasteiger charge is -2.27. The van der Waals surface area contributed by atoms with Crippen LogP contribution in [0.4, 0.5) is 0 Å². The largest absolute Gasteiger partial charge is 0.458 e. The van der Waals surface area contributed by atoms with E-state index in [9.17, 15) is 9.59 Å². The van der Waals surface area contributed by atoms with Crippen molar-refractivity contribution in [3.63, 3.8) is 0 Å². The quantitative estimate of drug-likeness (QED) is 0.583. The lowest BCUT2D eigenvalue weighted by molar-refractivity contribution is -0.207. The highest BCUT2D eigenvalue weighted by atomic mass is 16.7. The summed E-state index contributed by atoms with van der Waals surface area (Å²) in [5.41, 5.74) is 1.80. The highest BCUT2D eigenvalue weighted by molar-refractivity contribution is 5.81. The highest BCUT2D eigenvalue weighted by Crippen LogP contribution is 2.19. The van der Waals surface area contributed by atoms with Crippen molar-refractivity contribution in [2.24, 2.45) is 0 Å². The first-order valence-electron chi connectivity index (χ1n) is 10.3. The maximum Gasteiger partial charge on any atom is 0.347 e. The van der Waals surface area contributed by atoms with E-state index in [2.05, 4.69) is 0 Å². The Bertz CT molecular complexity index is 786. The molecule has 0 bridgehead atoms. The minimum absolute atomic E-state index is 0.126. The van der Waals surface area contributed by atoms with Gasteiger partial charge in [-0.2, -0.15) is 0 Å². The third-order valence-electron chi connectivity index (χ3n) is 4.83. The molecule has 160 valence electrons. The zero-order valence-electron chi connectivity index (χ0n) is 17.2. The van der Waals surface area contributed by atoms with Crippen molar-refractivity contribution in [2.45, 2.75) is 57.7 Å². The summed E-state index contributed by atoms with van der Waals surface area (Å²) in [5, 5.41) is 0. The second-order valence-corrected chi connectivity index (χ2v) is 7.28. The van der Waals surface area contributed by atoms with Crippen LogP contribution in [0, 0.1) is 0 Å². The number of rotatable bonds is 9. The smallest absolute Gasteiger partial charge is 0.347 e. The minimum atomic E-state index is -1.03. The van der Waals surface area contributed by atoms with E-state index in [1.807, 2.05) is 60.7 Å². The fourth-order valence-electron chi connectivity index (χ4n) is 3.16. The molecule has 0 spiro atoms. The van der Waals surface area contributed by atoms with Gasteiger partial charge >= 0.3 is 11.9 Å². The maximum atomic E-state index is 12.8. The number of carbonyl (C=O) groups is 2. The lowest BCUT2D eigenvalue weighted by Crippen LogP contribution is -2.38. The molecule has 30 heavy (non-hydrogen) atoms. The third kappa shape index (κ3) is 6.97. The summed E-state index contributed by atoms with van der Waals surface area (Å²) in [6.45, 7) is 2.24. The van der Waals surface area contributed by atoms with Crippen LogP contribution < -0.4 is 0 Å². The van der Waals surface area contributed by atoms with E-state index < -0.39 is 30.4 Å². The van der Waals surface area contributed by atoms with Gasteiger partial charge in [0, 0.05) is 13.0 Å².